The second-order valence-corrected chi connectivity index (χ2v) is 7.06. The number of Topliss-reactive ketones (excluding diaryl/α,β-unsaturated/α-hetero) is 1. The molecule has 6 nitrogen and oxygen atoms in total. The van der Waals surface area contributed by atoms with E-state index >= 15 is 0 Å². The van der Waals surface area contributed by atoms with Crippen LogP contribution in [-0.4, -0.2) is 26.8 Å². The molecule has 3 aromatic rings. The number of hydrogen-bond donors (Lipinski definition) is 2. The van der Waals surface area contributed by atoms with Crippen molar-refractivity contribution in [2.45, 2.75) is 19.5 Å². The van der Waals surface area contributed by atoms with Crippen LogP contribution in [0.5, 0.6) is 5.75 Å². The number of benzene rings is 2. The minimum atomic E-state index is -0.930. The van der Waals surface area contributed by atoms with E-state index in [9.17, 15) is 24.2 Å². The van der Waals surface area contributed by atoms with Crippen molar-refractivity contribution in [3.05, 3.63) is 94.7 Å². The number of aryl methyl sites for hydroxylation is 1. The molecule has 2 N–H and O–H groups in total. The molecular weight excluding hydrogens is 389 g/mol. The number of nitrogens with zero attached hydrogens (tertiary/aromatic N) is 1. The second kappa shape index (κ2) is 7.51. The maximum atomic E-state index is 14.1. The summed E-state index contributed by atoms with van der Waals surface area (Å²) >= 11 is 0. The molecule has 0 saturated carbocycles. The molecule has 1 fully saturated rings. The van der Waals surface area contributed by atoms with Gasteiger partial charge in [-0.1, -0.05) is 24.3 Å². The zero-order valence-corrected chi connectivity index (χ0v) is 16.0. The zero-order chi connectivity index (χ0) is 21.4. The highest BCUT2D eigenvalue weighted by Gasteiger charge is 2.46. The summed E-state index contributed by atoms with van der Waals surface area (Å²) in [6.45, 7) is 1.58. The normalized spacial score (nSPS) is 18.2. The van der Waals surface area contributed by atoms with Gasteiger partial charge in [-0.3, -0.25) is 9.59 Å². The Morgan fingerprint density at radius 3 is 2.50 bits per heavy atom. The number of aliphatic hydroxyl groups excluding tert-OH is 1. The van der Waals surface area contributed by atoms with Gasteiger partial charge < -0.3 is 19.5 Å². The Kier molecular flexibility index (Phi) is 4.87. The third-order valence-electron chi connectivity index (χ3n) is 5.10. The number of halogens is 1. The number of carbonyl (C=O) groups is 2. The number of phenols is 1. The van der Waals surface area contributed by atoms with E-state index in [1.807, 2.05) is 0 Å². The van der Waals surface area contributed by atoms with Gasteiger partial charge in [0.1, 0.15) is 23.1 Å². The fraction of sp³-hybridized carbons (Fsp3) is 0.130. The van der Waals surface area contributed by atoms with E-state index in [-0.39, 0.29) is 23.4 Å². The quantitative estimate of drug-likeness (QED) is 0.387. The summed E-state index contributed by atoms with van der Waals surface area (Å²) in [5.41, 5.74) is 0.839. The number of phenolic OH excluding ortho intramolecular Hbond substituents is 1. The highest BCUT2D eigenvalue weighted by atomic mass is 19.1. The lowest BCUT2D eigenvalue weighted by atomic mass is 9.95. The average molecular weight is 407 g/mol. The number of furan rings is 1. The molecule has 1 aromatic heterocycles. The molecule has 2 heterocycles. The van der Waals surface area contributed by atoms with Gasteiger partial charge in [-0.15, -0.1) is 0 Å². The fourth-order valence-electron chi connectivity index (χ4n) is 3.51. The Morgan fingerprint density at radius 2 is 1.87 bits per heavy atom. The lowest BCUT2D eigenvalue weighted by Gasteiger charge is -2.24. The number of rotatable bonds is 4. The molecule has 2 aromatic carbocycles. The van der Waals surface area contributed by atoms with E-state index in [4.69, 9.17) is 4.42 Å². The van der Waals surface area contributed by atoms with Gasteiger partial charge in [0.25, 0.3) is 11.7 Å². The lowest BCUT2D eigenvalue weighted by Crippen LogP contribution is -2.29. The maximum Gasteiger partial charge on any atom is 0.296 e. The molecule has 0 spiro atoms. The molecule has 0 aliphatic carbocycles. The predicted octanol–water partition coefficient (Wildman–Crippen LogP) is 4.05. The summed E-state index contributed by atoms with van der Waals surface area (Å²) in [7, 11) is 0. The van der Waals surface area contributed by atoms with E-state index in [0.29, 0.717) is 16.9 Å². The summed E-state index contributed by atoms with van der Waals surface area (Å²) in [6.07, 6.45) is 1.45. The number of hydrogen-bond acceptors (Lipinski definition) is 5. The summed E-state index contributed by atoms with van der Waals surface area (Å²) in [4.78, 5) is 27.0. The molecule has 1 amide bonds. The van der Waals surface area contributed by atoms with Gasteiger partial charge in [-0.25, -0.2) is 4.39 Å². The van der Waals surface area contributed by atoms with Crippen LogP contribution < -0.4 is 0 Å². The van der Waals surface area contributed by atoms with Crippen molar-refractivity contribution >= 4 is 17.4 Å². The number of carbonyl (C=O) groups excluding carboxylic acids is 2. The lowest BCUT2D eigenvalue weighted by molar-refractivity contribution is -0.140. The molecule has 30 heavy (non-hydrogen) atoms. The summed E-state index contributed by atoms with van der Waals surface area (Å²) < 4.78 is 19.4. The van der Waals surface area contributed by atoms with Crippen molar-refractivity contribution in [1.82, 2.24) is 4.90 Å². The molecule has 1 aliphatic rings. The first-order valence-electron chi connectivity index (χ1n) is 9.23. The van der Waals surface area contributed by atoms with Crippen molar-refractivity contribution < 1.29 is 28.6 Å². The topological polar surface area (TPSA) is 91.0 Å². The first-order chi connectivity index (χ1) is 14.4. The van der Waals surface area contributed by atoms with E-state index in [0.717, 1.165) is 6.07 Å². The van der Waals surface area contributed by atoms with Gasteiger partial charge in [-0.05, 0) is 48.4 Å². The highest BCUT2D eigenvalue weighted by molar-refractivity contribution is 6.46. The monoisotopic (exact) mass is 407 g/mol. The smallest absolute Gasteiger partial charge is 0.296 e. The van der Waals surface area contributed by atoms with Gasteiger partial charge >= 0.3 is 0 Å². The van der Waals surface area contributed by atoms with Crippen molar-refractivity contribution in [3.8, 4) is 5.75 Å². The molecule has 0 bridgehead atoms. The fourth-order valence-corrected chi connectivity index (χ4v) is 3.51. The Labute approximate surface area is 171 Å². The van der Waals surface area contributed by atoms with Gasteiger partial charge in [0.15, 0.2) is 0 Å². The van der Waals surface area contributed by atoms with Crippen LogP contribution in [0, 0.1) is 12.7 Å². The number of likely N-dealkylation sites (tertiary alicyclic amines) is 1. The van der Waals surface area contributed by atoms with Gasteiger partial charge in [-0.2, -0.15) is 0 Å². The van der Waals surface area contributed by atoms with Crippen LogP contribution >= 0.6 is 0 Å². The molecule has 1 unspecified atom stereocenters. The van der Waals surface area contributed by atoms with Crippen molar-refractivity contribution in [3.63, 3.8) is 0 Å². The second-order valence-electron chi connectivity index (χ2n) is 7.06. The van der Waals surface area contributed by atoms with Crippen molar-refractivity contribution in [1.29, 1.82) is 0 Å². The molecule has 1 aliphatic heterocycles. The van der Waals surface area contributed by atoms with Crippen molar-refractivity contribution in [2.75, 3.05) is 0 Å². The standard InChI is InChI=1S/C23H18FNO5/c1-13-4-5-15(11-18(13)24)21(27)19-20(14-6-8-16(26)9-7-14)25(23(29)22(19)28)12-17-3-2-10-30-17/h2-11,20,26-27H,12H2,1H3/b21-19+. The summed E-state index contributed by atoms with van der Waals surface area (Å²) in [6, 6.07) is 12.5. The molecule has 4 rings (SSSR count). The number of aromatic hydroxyl groups is 1. The SMILES string of the molecule is Cc1ccc(/C(O)=C2\C(=O)C(=O)N(Cc3ccco3)C2c2ccc(O)cc2)cc1F. The molecule has 0 radical (unpaired) electrons. The molecule has 1 saturated heterocycles. The van der Waals surface area contributed by atoms with Crippen LogP contribution in [0.2, 0.25) is 0 Å². The first-order valence-corrected chi connectivity index (χ1v) is 9.23. The summed E-state index contributed by atoms with van der Waals surface area (Å²) in [5, 5.41) is 20.5. The molecule has 1 atom stereocenters. The Bertz CT molecular complexity index is 1150. The minimum Gasteiger partial charge on any atom is -0.508 e. The molecular formula is C23H18FNO5. The first kappa shape index (κ1) is 19.4. The zero-order valence-electron chi connectivity index (χ0n) is 16.0. The van der Waals surface area contributed by atoms with Crippen LogP contribution in [0.3, 0.4) is 0 Å². The van der Waals surface area contributed by atoms with Gasteiger partial charge in [0.05, 0.1) is 24.4 Å². The van der Waals surface area contributed by atoms with Crippen LogP contribution in [0.4, 0.5) is 4.39 Å². The predicted molar refractivity (Wildman–Crippen MR) is 106 cm³/mol. The Morgan fingerprint density at radius 1 is 1.13 bits per heavy atom. The maximum absolute atomic E-state index is 14.1. The number of amides is 1. The third-order valence-corrected chi connectivity index (χ3v) is 5.10. The largest absolute Gasteiger partial charge is 0.508 e. The van der Waals surface area contributed by atoms with Gasteiger partial charge in [0, 0.05) is 5.56 Å². The number of aliphatic hydroxyl groups is 1. The van der Waals surface area contributed by atoms with Crippen LogP contribution in [-0.2, 0) is 16.1 Å². The van der Waals surface area contributed by atoms with E-state index < -0.39 is 29.3 Å². The Hall–Kier alpha value is -3.87. The Balaban J connectivity index is 1.87. The summed E-state index contributed by atoms with van der Waals surface area (Å²) in [5.74, 6) is -2.21. The van der Waals surface area contributed by atoms with E-state index in [2.05, 4.69) is 0 Å². The highest BCUT2D eigenvalue weighted by Crippen LogP contribution is 2.40. The third kappa shape index (κ3) is 3.34. The van der Waals surface area contributed by atoms with Crippen LogP contribution in [0.25, 0.3) is 5.76 Å². The van der Waals surface area contributed by atoms with Gasteiger partial charge in [0.2, 0.25) is 0 Å². The minimum absolute atomic E-state index is 0.00214. The van der Waals surface area contributed by atoms with Crippen LogP contribution in [0.15, 0.2) is 70.9 Å². The van der Waals surface area contributed by atoms with E-state index in [1.54, 1.807) is 31.2 Å². The van der Waals surface area contributed by atoms with E-state index in [1.165, 1.54) is 35.4 Å². The van der Waals surface area contributed by atoms with Crippen molar-refractivity contribution in [2.24, 2.45) is 0 Å². The molecule has 7 heteroatoms. The average Bonchev–Trinajstić information content (AvgIpc) is 3.33. The number of ketones is 1. The van der Waals surface area contributed by atoms with Crippen LogP contribution in [0.1, 0.15) is 28.5 Å². The molecule has 152 valence electrons.